The summed E-state index contributed by atoms with van der Waals surface area (Å²) >= 11 is 6.17. The molecule has 3 nitrogen and oxygen atoms in total. The first kappa shape index (κ1) is 14.4. The van der Waals surface area contributed by atoms with Crippen LogP contribution in [0.25, 0.3) is 0 Å². The molecule has 1 fully saturated rings. The molecule has 1 saturated heterocycles. The van der Waals surface area contributed by atoms with Gasteiger partial charge in [-0.3, -0.25) is 4.79 Å². The van der Waals surface area contributed by atoms with Crippen molar-refractivity contribution in [2.75, 3.05) is 19.6 Å². The standard InChI is InChI=1S/C15H21ClN2O/c1-10-3-4-13(14(16)7-10)15(19)18-6-5-11(2)12(8-17)9-18/h3-4,7,11-12H,5-6,8-9,17H2,1-2H3. The van der Waals surface area contributed by atoms with Crippen molar-refractivity contribution in [1.29, 1.82) is 0 Å². The first-order valence-electron chi connectivity index (χ1n) is 6.78. The molecular formula is C15H21ClN2O. The summed E-state index contributed by atoms with van der Waals surface area (Å²) in [5, 5.41) is 0.535. The van der Waals surface area contributed by atoms with E-state index in [0.717, 1.165) is 25.1 Å². The van der Waals surface area contributed by atoms with Crippen LogP contribution in [-0.4, -0.2) is 30.4 Å². The summed E-state index contributed by atoms with van der Waals surface area (Å²) in [6.45, 7) is 6.33. The van der Waals surface area contributed by atoms with Gasteiger partial charge in [0, 0.05) is 13.1 Å². The van der Waals surface area contributed by atoms with Crippen molar-refractivity contribution in [2.24, 2.45) is 17.6 Å². The highest BCUT2D eigenvalue weighted by atomic mass is 35.5. The van der Waals surface area contributed by atoms with E-state index in [2.05, 4.69) is 6.92 Å². The van der Waals surface area contributed by atoms with Crippen LogP contribution in [0.3, 0.4) is 0 Å². The molecule has 0 bridgehead atoms. The lowest BCUT2D eigenvalue weighted by Gasteiger charge is -2.36. The van der Waals surface area contributed by atoms with Gasteiger partial charge in [0.15, 0.2) is 0 Å². The molecule has 1 aliphatic rings. The second kappa shape index (κ2) is 5.93. The minimum Gasteiger partial charge on any atom is -0.338 e. The van der Waals surface area contributed by atoms with Gasteiger partial charge in [-0.05, 0) is 49.4 Å². The fraction of sp³-hybridized carbons (Fsp3) is 0.533. The lowest BCUT2D eigenvalue weighted by atomic mass is 9.87. The number of halogens is 1. The molecule has 0 aliphatic carbocycles. The molecule has 2 N–H and O–H groups in total. The molecule has 104 valence electrons. The molecule has 1 heterocycles. The van der Waals surface area contributed by atoms with Crippen LogP contribution < -0.4 is 5.73 Å². The Kier molecular flexibility index (Phi) is 4.48. The zero-order valence-corrected chi connectivity index (χ0v) is 12.3. The van der Waals surface area contributed by atoms with Crippen molar-refractivity contribution in [2.45, 2.75) is 20.3 Å². The van der Waals surface area contributed by atoms with Gasteiger partial charge in [-0.25, -0.2) is 0 Å². The van der Waals surface area contributed by atoms with E-state index >= 15 is 0 Å². The summed E-state index contributed by atoms with van der Waals surface area (Å²) in [7, 11) is 0. The molecule has 2 atom stereocenters. The van der Waals surface area contributed by atoms with E-state index in [4.69, 9.17) is 17.3 Å². The highest BCUT2D eigenvalue weighted by Gasteiger charge is 2.29. The maximum atomic E-state index is 12.5. The van der Waals surface area contributed by atoms with Gasteiger partial charge in [0.05, 0.1) is 10.6 Å². The second-order valence-electron chi connectivity index (χ2n) is 5.50. The number of hydrogen-bond donors (Lipinski definition) is 1. The Morgan fingerprint density at radius 1 is 1.53 bits per heavy atom. The van der Waals surface area contributed by atoms with Crippen molar-refractivity contribution >= 4 is 17.5 Å². The molecule has 0 aromatic heterocycles. The SMILES string of the molecule is Cc1ccc(C(=O)N2CCC(C)C(CN)C2)c(Cl)c1. The summed E-state index contributed by atoms with van der Waals surface area (Å²) in [6.07, 6.45) is 1.01. The number of hydrogen-bond acceptors (Lipinski definition) is 2. The Bertz CT molecular complexity index is 475. The Balaban J connectivity index is 2.15. The first-order chi connectivity index (χ1) is 9.02. The summed E-state index contributed by atoms with van der Waals surface area (Å²) in [6, 6.07) is 5.57. The number of likely N-dealkylation sites (tertiary alicyclic amines) is 1. The van der Waals surface area contributed by atoms with Gasteiger partial charge >= 0.3 is 0 Å². The molecule has 2 rings (SSSR count). The lowest BCUT2D eigenvalue weighted by molar-refractivity contribution is 0.0618. The molecule has 19 heavy (non-hydrogen) atoms. The largest absolute Gasteiger partial charge is 0.338 e. The monoisotopic (exact) mass is 280 g/mol. The number of rotatable bonds is 2. The molecule has 0 radical (unpaired) electrons. The van der Waals surface area contributed by atoms with Gasteiger partial charge in [-0.2, -0.15) is 0 Å². The van der Waals surface area contributed by atoms with Crippen LogP contribution in [0.2, 0.25) is 5.02 Å². The second-order valence-corrected chi connectivity index (χ2v) is 5.90. The quantitative estimate of drug-likeness (QED) is 0.905. The third-order valence-corrected chi connectivity index (χ3v) is 4.37. The molecular weight excluding hydrogens is 260 g/mol. The van der Waals surface area contributed by atoms with Crippen LogP contribution in [0.1, 0.15) is 29.3 Å². The van der Waals surface area contributed by atoms with Crippen molar-refractivity contribution in [3.05, 3.63) is 34.3 Å². The van der Waals surface area contributed by atoms with Crippen molar-refractivity contribution in [3.8, 4) is 0 Å². The van der Waals surface area contributed by atoms with E-state index in [9.17, 15) is 4.79 Å². The number of piperidine rings is 1. The summed E-state index contributed by atoms with van der Waals surface area (Å²) in [5.74, 6) is 1.000. The van der Waals surface area contributed by atoms with Crippen LogP contribution in [0.15, 0.2) is 18.2 Å². The van der Waals surface area contributed by atoms with Gasteiger partial charge in [0.25, 0.3) is 5.91 Å². The van der Waals surface area contributed by atoms with Crippen molar-refractivity contribution < 1.29 is 4.79 Å². The van der Waals surface area contributed by atoms with E-state index in [1.807, 2.05) is 30.0 Å². The lowest BCUT2D eigenvalue weighted by Crippen LogP contribution is -2.45. The molecule has 4 heteroatoms. The molecule has 2 unspecified atom stereocenters. The Morgan fingerprint density at radius 2 is 2.26 bits per heavy atom. The minimum absolute atomic E-state index is 0.0235. The van der Waals surface area contributed by atoms with Crippen LogP contribution in [0.4, 0.5) is 0 Å². The maximum Gasteiger partial charge on any atom is 0.255 e. The Hall–Kier alpha value is -1.06. The number of amides is 1. The number of benzene rings is 1. The van der Waals surface area contributed by atoms with E-state index in [1.165, 1.54) is 0 Å². The normalized spacial score (nSPS) is 23.5. The topological polar surface area (TPSA) is 46.3 Å². The van der Waals surface area contributed by atoms with E-state index < -0.39 is 0 Å². The Labute approximate surface area is 119 Å². The zero-order chi connectivity index (χ0) is 14.0. The number of nitrogens with zero attached hydrogens (tertiary/aromatic N) is 1. The van der Waals surface area contributed by atoms with Gasteiger partial charge in [-0.1, -0.05) is 24.6 Å². The van der Waals surface area contributed by atoms with E-state index in [-0.39, 0.29) is 5.91 Å². The minimum atomic E-state index is 0.0235. The molecule has 0 spiro atoms. The molecule has 1 aromatic carbocycles. The van der Waals surface area contributed by atoms with Crippen LogP contribution >= 0.6 is 11.6 Å². The van der Waals surface area contributed by atoms with Gasteiger partial charge < -0.3 is 10.6 Å². The first-order valence-corrected chi connectivity index (χ1v) is 7.16. The molecule has 1 aliphatic heterocycles. The number of nitrogens with two attached hydrogens (primary N) is 1. The highest BCUT2D eigenvalue weighted by molar-refractivity contribution is 6.33. The molecule has 1 aromatic rings. The fourth-order valence-corrected chi connectivity index (χ4v) is 2.92. The number of carbonyl (C=O) groups is 1. The van der Waals surface area contributed by atoms with Crippen molar-refractivity contribution in [3.63, 3.8) is 0 Å². The van der Waals surface area contributed by atoms with Gasteiger partial charge in [0.1, 0.15) is 0 Å². The highest BCUT2D eigenvalue weighted by Crippen LogP contribution is 2.25. The van der Waals surface area contributed by atoms with Gasteiger partial charge in [-0.15, -0.1) is 0 Å². The van der Waals surface area contributed by atoms with Crippen LogP contribution in [0, 0.1) is 18.8 Å². The van der Waals surface area contributed by atoms with Gasteiger partial charge in [0.2, 0.25) is 0 Å². The molecule has 0 saturated carbocycles. The average molecular weight is 281 g/mol. The van der Waals surface area contributed by atoms with E-state index in [1.54, 1.807) is 0 Å². The van der Waals surface area contributed by atoms with Crippen molar-refractivity contribution in [1.82, 2.24) is 4.90 Å². The Morgan fingerprint density at radius 3 is 2.89 bits per heavy atom. The average Bonchev–Trinajstić information content (AvgIpc) is 2.38. The fourth-order valence-electron chi connectivity index (χ4n) is 2.60. The summed E-state index contributed by atoms with van der Waals surface area (Å²) in [5.41, 5.74) is 7.44. The third kappa shape index (κ3) is 3.10. The van der Waals surface area contributed by atoms with E-state index in [0.29, 0.717) is 29.0 Å². The van der Waals surface area contributed by atoms with Crippen LogP contribution in [-0.2, 0) is 0 Å². The van der Waals surface area contributed by atoms with Crippen LogP contribution in [0.5, 0.6) is 0 Å². The molecule has 1 amide bonds. The summed E-state index contributed by atoms with van der Waals surface area (Å²) in [4.78, 5) is 14.4. The number of aryl methyl sites for hydroxylation is 1. The predicted molar refractivity (Wildman–Crippen MR) is 78.4 cm³/mol. The smallest absolute Gasteiger partial charge is 0.255 e. The number of carbonyl (C=O) groups excluding carboxylic acids is 1. The third-order valence-electron chi connectivity index (χ3n) is 4.06. The predicted octanol–water partition coefficient (Wildman–Crippen LogP) is 2.71. The maximum absolute atomic E-state index is 12.5. The zero-order valence-electron chi connectivity index (χ0n) is 11.5. The summed E-state index contributed by atoms with van der Waals surface area (Å²) < 4.78 is 0.